The Labute approximate surface area is 301 Å². The summed E-state index contributed by atoms with van der Waals surface area (Å²) < 4.78 is 24.1. The van der Waals surface area contributed by atoms with Crippen molar-refractivity contribution in [2.24, 2.45) is 0 Å². The predicted molar refractivity (Wildman–Crippen MR) is 192 cm³/mol. The Kier molecular flexibility index (Phi) is 9.92. The van der Waals surface area contributed by atoms with Gasteiger partial charge in [-0.1, -0.05) is 83.2 Å². The lowest BCUT2D eigenvalue weighted by Gasteiger charge is -2.24. The average Bonchev–Trinajstić information content (AvgIpc) is 3.72. The Morgan fingerprint density at radius 2 is 1.70 bits per heavy atom. The Morgan fingerprint density at radius 3 is 2.48 bits per heavy atom. The summed E-state index contributed by atoms with van der Waals surface area (Å²) in [5.74, 6) is 0.378. The molecule has 2 aliphatic heterocycles. The third-order valence-electron chi connectivity index (χ3n) is 7.96. The molecule has 0 bridgehead atoms. The van der Waals surface area contributed by atoms with E-state index >= 15 is 0 Å². The quantitative estimate of drug-likeness (QED) is 0.0473. The van der Waals surface area contributed by atoms with Gasteiger partial charge < -0.3 is 24.1 Å². The molecule has 7 rings (SSSR count). The largest absolute Gasteiger partial charge is 0.507 e. The molecule has 254 valence electrons. The van der Waals surface area contributed by atoms with Crippen LogP contribution in [0.4, 0.5) is 5.13 Å². The SMILES string of the molecule is CCOc1cc([C@H]2/C(=C(\O)c3ccc4c(c3)OCCO4)C(=O)C(=O)N2c2nnc(SCc3ccc(Cl)cc3)s2)ccc1OCc1ccccc1. The molecule has 1 aromatic heterocycles. The molecule has 50 heavy (non-hydrogen) atoms. The molecule has 3 heterocycles. The number of Topliss-reactive ketones (excluding diaryl/α,β-unsaturated/α-hetero) is 1. The van der Waals surface area contributed by atoms with Crippen LogP contribution in [0.3, 0.4) is 0 Å². The number of carbonyl (C=O) groups excluding carboxylic acids is 2. The van der Waals surface area contributed by atoms with Crippen LogP contribution in [0.15, 0.2) is 101 Å². The highest BCUT2D eigenvalue weighted by Gasteiger charge is 2.48. The maximum atomic E-state index is 13.9. The summed E-state index contributed by atoms with van der Waals surface area (Å²) in [7, 11) is 0. The van der Waals surface area contributed by atoms with Crippen molar-refractivity contribution in [3.8, 4) is 23.0 Å². The normalized spacial score (nSPS) is 16.4. The number of ether oxygens (including phenoxy) is 4. The van der Waals surface area contributed by atoms with E-state index in [2.05, 4.69) is 10.2 Å². The Bertz CT molecular complexity index is 2070. The van der Waals surface area contributed by atoms with Crippen LogP contribution in [-0.4, -0.2) is 46.8 Å². The number of thioether (sulfide) groups is 1. The fourth-order valence-electron chi connectivity index (χ4n) is 5.59. The summed E-state index contributed by atoms with van der Waals surface area (Å²) in [5.41, 5.74) is 2.70. The smallest absolute Gasteiger partial charge is 0.301 e. The number of ketones is 1. The van der Waals surface area contributed by atoms with Crippen LogP contribution < -0.4 is 23.8 Å². The van der Waals surface area contributed by atoms with E-state index in [9.17, 15) is 14.7 Å². The molecule has 1 fully saturated rings. The highest BCUT2D eigenvalue weighted by molar-refractivity contribution is 8.00. The molecule has 1 atom stereocenters. The Balaban J connectivity index is 1.28. The summed E-state index contributed by atoms with van der Waals surface area (Å²) >= 11 is 8.66. The third-order valence-corrected chi connectivity index (χ3v) is 10.3. The molecule has 0 radical (unpaired) electrons. The van der Waals surface area contributed by atoms with Crippen LogP contribution in [-0.2, 0) is 21.9 Å². The Morgan fingerprint density at radius 1 is 0.920 bits per heavy atom. The van der Waals surface area contributed by atoms with Crippen molar-refractivity contribution in [3.63, 3.8) is 0 Å². The summed E-state index contributed by atoms with van der Waals surface area (Å²) in [6, 6.07) is 26.2. The van der Waals surface area contributed by atoms with Gasteiger partial charge in [0.2, 0.25) is 5.13 Å². The van der Waals surface area contributed by atoms with E-state index in [-0.39, 0.29) is 16.5 Å². The van der Waals surface area contributed by atoms with Gasteiger partial charge in [0.15, 0.2) is 27.3 Å². The van der Waals surface area contributed by atoms with Crippen molar-refractivity contribution in [3.05, 3.63) is 124 Å². The van der Waals surface area contributed by atoms with Gasteiger partial charge in [0.05, 0.1) is 18.2 Å². The number of hydrogen-bond donors (Lipinski definition) is 1. The fraction of sp³-hybridized carbons (Fsp3) is 0.189. The first-order chi connectivity index (χ1) is 24.4. The van der Waals surface area contributed by atoms with E-state index in [0.717, 1.165) is 11.1 Å². The number of carbonyl (C=O) groups is 2. The van der Waals surface area contributed by atoms with E-state index in [1.807, 2.05) is 61.5 Å². The number of aliphatic hydroxyl groups excluding tert-OH is 1. The molecule has 1 saturated heterocycles. The standard InChI is InChI=1S/C37H30ClN3O7S2/c1-2-45-29-18-24(10-14-28(29)48-20-22-6-4-3-5-7-22)32-31(33(42)25-11-15-27-30(19-25)47-17-16-46-27)34(43)35(44)41(32)36-39-40-37(50-36)49-21-23-8-12-26(38)13-9-23/h3-15,18-19,32,42H,2,16-17,20-21H2,1H3/b33-31+/t32-/m0/s1. The maximum absolute atomic E-state index is 13.9. The van der Waals surface area contributed by atoms with Gasteiger partial charge in [0.25, 0.3) is 5.78 Å². The third kappa shape index (κ3) is 7.00. The molecule has 13 heteroatoms. The number of benzene rings is 4. The van der Waals surface area contributed by atoms with E-state index in [0.29, 0.717) is 75.7 Å². The number of nitrogens with zero attached hydrogens (tertiary/aromatic N) is 3. The molecule has 0 unspecified atom stereocenters. The topological polar surface area (TPSA) is 120 Å². The molecule has 0 aliphatic carbocycles. The zero-order valence-electron chi connectivity index (χ0n) is 26.7. The predicted octanol–water partition coefficient (Wildman–Crippen LogP) is 7.86. The van der Waals surface area contributed by atoms with Crippen LogP contribution >= 0.6 is 34.7 Å². The molecule has 10 nitrogen and oxygen atoms in total. The summed E-state index contributed by atoms with van der Waals surface area (Å²) in [4.78, 5) is 29.0. The maximum Gasteiger partial charge on any atom is 0.301 e. The van der Waals surface area contributed by atoms with Gasteiger partial charge in [-0.15, -0.1) is 10.2 Å². The summed E-state index contributed by atoms with van der Waals surface area (Å²) in [5, 5.41) is 21.3. The van der Waals surface area contributed by atoms with Crippen LogP contribution in [0, 0.1) is 0 Å². The molecule has 5 aromatic rings. The van der Waals surface area contributed by atoms with Crippen molar-refractivity contribution < 1.29 is 33.6 Å². The number of hydrogen-bond acceptors (Lipinski definition) is 11. The number of amides is 1. The van der Waals surface area contributed by atoms with Gasteiger partial charge in [-0.05, 0) is 66.1 Å². The van der Waals surface area contributed by atoms with Gasteiger partial charge >= 0.3 is 5.91 Å². The molecule has 4 aromatic carbocycles. The molecule has 1 amide bonds. The van der Waals surface area contributed by atoms with E-state index in [1.165, 1.54) is 28.0 Å². The minimum Gasteiger partial charge on any atom is -0.507 e. The average molecular weight is 728 g/mol. The van der Waals surface area contributed by atoms with Crippen molar-refractivity contribution in [1.82, 2.24) is 10.2 Å². The molecule has 1 N–H and O–H groups in total. The number of aromatic nitrogens is 2. The molecular weight excluding hydrogens is 698 g/mol. The van der Waals surface area contributed by atoms with Crippen molar-refractivity contribution in [2.45, 2.75) is 29.7 Å². The summed E-state index contributed by atoms with van der Waals surface area (Å²) in [6.45, 7) is 3.25. The monoisotopic (exact) mass is 727 g/mol. The van der Waals surface area contributed by atoms with Gasteiger partial charge in [-0.3, -0.25) is 14.5 Å². The number of aliphatic hydroxyl groups is 1. The number of rotatable bonds is 11. The highest BCUT2D eigenvalue weighted by atomic mass is 35.5. The minimum absolute atomic E-state index is 0.113. The van der Waals surface area contributed by atoms with E-state index < -0.39 is 17.7 Å². The summed E-state index contributed by atoms with van der Waals surface area (Å²) in [6.07, 6.45) is 0. The van der Waals surface area contributed by atoms with Gasteiger partial charge in [-0.2, -0.15) is 0 Å². The van der Waals surface area contributed by atoms with Crippen LogP contribution in [0.1, 0.15) is 35.2 Å². The first-order valence-corrected chi connectivity index (χ1v) is 17.9. The van der Waals surface area contributed by atoms with Gasteiger partial charge in [-0.25, -0.2) is 0 Å². The lowest BCUT2D eigenvalue weighted by atomic mass is 9.95. The first kappa shape index (κ1) is 33.5. The van der Waals surface area contributed by atoms with Crippen LogP contribution in [0.2, 0.25) is 5.02 Å². The second-order valence-corrected chi connectivity index (χ2v) is 13.8. The molecule has 0 spiro atoms. The number of halogens is 1. The van der Waals surface area contributed by atoms with E-state index in [1.54, 1.807) is 36.4 Å². The second-order valence-electron chi connectivity index (χ2n) is 11.2. The zero-order chi connectivity index (χ0) is 34.6. The first-order valence-electron chi connectivity index (χ1n) is 15.7. The number of fused-ring (bicyclic) bond motifs is 1. The molecule has 0 saturated carbocycles. The zero-order valence-corrected chi connectivity index (χ0v) is 29.1. The minimum atomic E-state index is -1.06. The Hall–Kier alpha value is -5.04. The van der Waals surface area contributed by atoms with Crippen molar-refractivity contribution >= 4 is 57.3 Å². The fourth-order valence-corrected chi connectivity index (χ4v) is 7.54. The van der Waals surface area contributed by atoms with Crippen LogP contribution in [0.25, 0.3) is 5.76 Å². The lowest BCUT2D eigenvalue weighted by Crippen LogP contribution is -2.29. The van der Waals surface area contributed by atoms with Gasteiger partial charge in [0, 0.05) is 16.3 Å². The van der Waals surface area contributed by atoms with Crippen molar-refractivity contribution in [1.29, 1.82) is 0 Å². The highest BCUT2D eigenvalue weighted by Crippen LogP contribution is 2.46. The second kappa shape index (κ2) is 14.8. The van der Waals surface area contributed by atoms with E-state index in [4.69, 9.17) is 30.5 Å². The molecular formula is C37H30ClN3O7S2. The van der Waals surface area contributed by atoms with Crippen LogP contribution in [0.5, 0.6) is 23.0 Å². The van der Waals surface area contributed by atoms with Gasteiger partial charge in [0.1, 0.15) is 25.6 Å². The lowest BCUT2D eigenvalue weighted by molar-refractivity contribution is -0.132. The van der Waals surface area contributed by atoms with Crippen molar-refractivity contribution in [2.75, 3.05) is 24.7 Å². The number of anilines is 1. The molecule has 2 aliphatic rings.